The highest BCUT2D eigenvalue weighted by Crippen LogP contribution is 2.39. The Morgan fingerprint density at radius 3 is 2.58 bits per heavy atom. The number of thioether (sulfide) groups is 1. The highest BCUT2D eigenvalue weighted by Gasteiger charge is 2.43. The molecule has 2 aromatic carbocycles. The number of piperazine rings is 1. The van der Waals surface area contributed by atoms with Gasteiger partial charge in [0.05, 0.1) is 11.0 Å². The predicted octanol–water partition coefficient (Wildman–Crippen LogP) is 3.20. The van der Waals surface area contributed by atoms with E-state index >= 15 is 0 Å². The summed E-state index contributed by atoms with van der Waals surface area (Å²) >= 11 is 1.11. The van der Waals surface area contributed by atoms with Crippen molar-refractivity contribution in [3.63, 3.8) is 0 Å². The molecule has 228 valence electrons. The van der Waals surface area contributed by atoms with Gasteiger partial charge in [0, 0.05) is 63.8 Å². The van der Waals surface area contributed by atoms with Gasteiger partial charge in [-0.15, -0.1) is 0 Å². The van der Waals surface area contributed by atoms with Crippen molar-refractivity contribution in [1.29, 1.82) is 5.26 Å². The molecular formula is C31H37FN6O4S. The maximum atomic E-state index is 13.2. The summed E-state index contributed by atoms with van der Waals surface area (Å²) < 4.78 is 19.0. The van der Waals surface area contributed by atoms with Crippen molar-refractivity contribution in [1.82, 2.24) is 20.0 Å². The highest BCUT2D eigenvalue weighted by atomic mass is 32.2. The van der Waals surface area contributed by atoms with Crippen molar-refractivity contribution in [2.45, 2.75) is 31.9 Å². The SMILES string of the molecule is CCN1C(=O)/C(=C\Nc2cccc(OCC(=O)N3CCN(Cc4ccccc4)CC3)c2)SC1C(C#N)C(=O)NCC(C)F. The first-order valence-corrected chi connectivity index (χ1v) is 15.2. The number of anilines is 1. The van der Waals surface area contributed by atoms with E-state index in [1.165, 1.54) is 23.6 Å². The number of carbonyl (C=O) groups is 3. The van der Waals surface area contributed by atoms with Crippen LogP contribution in [0.3, 0.4) is 0 Å². The van der Waals surface area contributed by atoms with E-state index in [0.29, 0.717) is 36.0 Å². The zero-order valence-electron chi connectivity index (χ0n) is 24.4. The fourth-order valence-electron chi connectivity index (χ4n) is 4.83. The summed E-state index contributed by atoms with van der Waals surface area (Å²) in [5.41, 5.74) is 1.89. The van der Waals surface area contributed by atoms with E-state index in [9.17, 15) is 24.0 Å². The number of benzene rings is 2. The van der Waals surface area contributed by atoms with Gasteiger partial charge in [-0.05, 0) is 31.5 Å². The molecule has 0 saturated carbocycles. The fraction of sp³-hybridized carbons (Fsp3) is 0.419. The average molecular weight is 609 g/mol. The Labute approximate surface area is 255 Å². The van der Waals surface area contributed by atoms with Crippen LogP contribution in [0.1, 0.15) is 19.4 Å². The van der Waals surface area contributed by atoms with Crippen LogP contribution in [-0.2, 0) is 20.9 Å². The molecule has 0 radical (unpaired) electrons. The second kappa shape index (κ2) is 15.4. The van der Waals surface area contributed by atoms with Crippen LogP contribution in [-0.4, -0.2) is 89.8 Å². The van der Waals surface area contributed by atoms with Crippen LogP contribution in [0.5, 0.6) is 5.75 Å². The van der Waals surface area contributed by atoms with E-state index < -0.39 is 23.4 Å². The lowest BCUT2D eigenvalue weighted by atomic mass is 10.1. The van der Waals surface area contributed by atoms with Crippen LogP contribution < -0.4 is 15.4 Å². The van der Waals surface area contributed by atoms with Crippen molar-refractivity contribution in [3.8, 4) is 11.8 Å². The van der Waals surface area contributed by atoms with Gasteiger partial charge in [0.25, 0.3) is 11.8 Å². The molecule has 0 spiro atoms. The van der Waals surface area contributed by atoms with Crippen molar-refractivity contribution < 1.29 is 23.5 Å². The van der Waals surface area contributed by atoms with E-state index in [0.717, 1.165) is 31.4 Å². The van der Waals surface area contributed by atoms with Gasteiger partial charge in [-0.25, -0.2) is 4.39 Å². The van der Waals surface area contributed by atoms with Gasteiger partial charge < -0.3 is 25.2 Å². The van der Waals surface area contributed by atoms with Crippen LogP contribution in [0.15, 0.2) is 65.7 Å². The van der Waals surface area contributed by atoms with E-state index in [1.54, 1.807) is 31.2 Å². The first-order chi connectivity index (χ1) is 20.8. The average Bonchev–Trinajstić information content (AvgIpc) is 3.33. The third-order valence-corrected chi connectivity index (χ3v) is 8.49. The minimum Gasteiger partial charge on any atom is -0.484 e. The summed E-state index contributed by atoms with van der Waals surface area (Å²) in [6.45, 7) is 6.87. The number of halogens is 1. The molecule has 0 bridgehead atoms. The minimum absolute atomic E-state index is 0.0736. The molecule has 2 aliphatic rings. The summed E-state index contributed by atoms with van der Waals surface area (Å²) in [5.74, 6) is -1.64. The Balaban J connectivity index is 1.28. The molecule has 3 amide bonds. The Hall–Kier alpha value is -4.08. The molecule has 2 heterocycles. The van der Waals surface area contributed by atoms with Crippen LogP contribution in [0.4, 0.5) is 10.1 Å². The molecule has 4 rings (SSSR count). The topological polar surface area (TPSA) is 118 Å². The van der Waals surface area contributed by atoms with Gasteiger partial charge in [-0.2, -0.15) is 5.26 Å². The largest absolute Gasteiger partial charge is 0.484 e. The second-order valence-corrected chi connectivity index (χ2v) is 11.5. The number of rotatable bonds is 12. The molecule has 2 fully saturated rings. The Morgan fingerprint density at radius 2 is 1.91 bits per heavy atom. The van der Waals surface area contributed by atoms with Gasteiger partial charge in [-0.3, -0.25) is 19.3 Å². The Bertz CT molecular complexity index is 1340. The number of hydrogen-bond donors (Lipinski definition) is 2. The number of carbonyl (C=O) groups excluding carboxylic acids is 3. The van der Waals surface area contributed by atoms with Crippen LogP contribution in [0.25, 0.3) is 0 Å². The normalized spacial score (nSPS) is 19.5. The Morgan fingerprint density at radius 1 is 1.16 bits per heavy atom. The molecule has 2 aromatic rings. The number of likely N-dealkylation sites (N-methyl/N-ethyl adjacent to an activating group) is 1. The number of hydrogen-bond acceptors (Lipinski definition) is 8. The van der Waals surface area contributed by atoms with Crippen LogP contribution in [0, 0.1) is 17.2 Å². The van der Waals surface area contributed by atoms with Crippen LogP contribution in [0.2, 0.25) is 0 Å². The molecule has 3 atom stereocenters. The quantitative estimate of drug-likeness (QED) is 0.353. The smallest absolute Gasteiger partial charge is 0.262 e. The van der Waals surface area contributed by atoms with Gasteiger partial charge in [-0.1, -0.05) is 48.2 Å². The van der Waals surface area contributed by atoms with Gasteiger partial charge in [0.15, 0.2) is 12.5 Å². The summed E-state index contributed by atoms with van der Waals surface area (Å²) in [4.78, 5) is 44.3. The first kappa shape index (κ1) is 31.8. The molecule has 2 N–H and O–H groups in total. The molecule has 43 heavy (non-hydrogen) atoms. The third kappa shape index (κ3) is 8.72. The van der Waals surface area contributed by atoms with Crippen molar-refractivity contribution >= 4 is 35.2 Å². The van der Waals surface area contributed by atoms with Crippen LogP contribution >= 0.6 is 11.8 Å². The maximum Gasteiger partial charge on any atom is 0.262 e. The zero-order valence-corrected chi connectivity index (χ0v) is 25.2. The standard InChI is InChI=1S/C31H37FN6O4S/c1-3-38-30(41)27(43-31(38)26(17-33)29(40)35-18-22(2)32)19-34-24-10-7-11-25(16-24)42-21-28(39)37-14-12-36(13-15-37)20-23-8-5-4-6-9-23/h4-11,16,19,22,26,31,34H,3,12-15,18,20-21H2,1-2H3,(H,35,40)/b27-19+. The number of nitrogens with one attached hydrogen (secondary N) is 2. The summed E-state index contributed by atoms with van der Waals surface area (Å²) in [5, 5.41) is 14.4. The summed E-state index contributed by atoms with van der Waals surface area (Å²) in [6, 6.07) is 19.3. The molecule has 12 heteroatoms. The van der Waals surface area contributed by atoms with Crippen molar-refractivity contribution in [2.75, 3.05) is 51.2 Å². The number of nitrogens with zero attached hydrogens (tertiary/aromatic N) is 4. The van der Waals surface area contributed by atoms with E-state index in [2.05, 4.69) is 27.7 Å². The first-order valence-electron chi connectivity index (χ1n) is 14.3. The minimum atomic E-state index is -1.25. The monoisotopic (exact) mass is 608 g/mol. The summed E-state index contributed by atoms with van der Waals surface area (Å²) in [7, 11) is 0. The number of alkyl halides is 1. The zero-order chi connectivity index (χ0) is 30.8. The van der Waals surface area contributed by atoms with E-state index in [4.69, 9.17) is 4.74 Å². The number of ether oxygens (including phenoxy) is 1. The van der Waals surface area contributed by atoms with Crippen molar-refractivity contribution in [3.05, 3.63) is 71.3 Å². The lowest BCUT2D eigenvalue weighted by Crippen LogP contribution is -2.49. The molecule has 2 saturated heterocycles. The number of nitriles is 1. The predicted molar refractivity (Wildman–Crippen MR) is 163 cm³/mol. The molecular weight excluding hydrogens is 571 g/mol. The molecule has 2 aliphatic heterocycles. The molecule has 0 aromatic heterocycles. The van der Waals surface area contributed by atoms with Gasteiger partial charge in [0.1, 0.15) is 17.3 Å². The summed E-state index contributed by atoms with van der Waals surface area (Å²) in [6.07, 6.45) is 0.284. The van der Waals surface area contributed by atoms with Gasteiger partial charge in [0.2, 0.25) is 5.91 Å². The Kier molecular flexibility index (Phi) is 11.4. The number of amides is 3. The second-order valence-electron chi connectivity index (χ2n) is 10.3. The van der Waals surface area contributed by atoms with Gasteiger partial charge >= 0.3 is 0 Å². The lowest BCUT2D eigenvalue weighted by Gasteiger charge is -2.34. The molecule has 10 nitrogen and oxygen atoms in total. The van der Waals surface area contributed by atoms with Crippen molar-refractivity contribution in [2.24, 2.45) is 5.92 Å². The maximum absolute atomic E-state index is 13.2. The molecule has 3 unspecified atom stereocenters. The highest BCUT2D eigenvalue weighted by molar-refractivity contribution is 8.05. The lowest BCUT2D eigenvalue weighted by molar-refractivity contribution is -0.135. The van der Waals surface area contributed by atoms with E-state index in [-0.39, 0.29) is 25.0 Å². The third-order valence-electron chi connectivity index (χ3n) is 7.17. The fourth-order valence-corrected chi connectivity index (χ4v) is 6.13. The van der Waals surface area contributed by atoms with E-state index in [1.807, 2.05) is 29.2 Å². The molecule has 0 aliphatic carbocycles.